The summed E-state index contributed by atoms with van der Waals surface area (Å²) in [5.74, 6) is 0. The fraction of sp³-hybridized carbons (Fsp3) is 0. The van der Waals surface area contributed by atoms with E-state index in [9.17, 15) is 0 Å². The summed E-state index contributed by atoms with van der Waals surface area (Å²) >= 11 is 1.87. The molecule has 0 atom stereocenters. The number of rotatable bonds is 5. The van der Waals surface area contributed by atoms with E-state index in [1.165, 1.54) is 64.0 Å². The van der Waals surface area contributed by atoms with Gasteiger partial charge in [-0.2, -0.15) is 0 Å². The predicted octanol–water partition coefficient (Wildman–Crippen LogP) is 13.2. The maximum atomic E-state index is 2.41. The molecule has 9 aromatic rings. The van der Waals surface area contributed by atoms with Crippen LogP contribution in [0.5, 0.6) is 0 Å². The zero-order chi connectivity index (χ0) is 30.5. The molecule has 0 radical (unpaired) electrons. The second-order valence-corrected chi connectivity index (χ2v) is 12.9. The van der Waals surface area contributed by atoms with Crippen molar-refractivity contribution in [2.75, 3.05) is 4.90 Å². The monoisotopic (exact) mass is 603 g/mol. The smallest absolute Gasteiger partial charge is 0.0540 e. The van der Waals surface area contributed by atoms with Crippen LogP contribution in [0.1, 0.15) is 0 Å². The summed E-state index contributed by atoms with van der Waals surface area (Å²) in [6.07, 6.45) is 0. The van der Waals surface area contributed by atoms with Gasteiger partial charge in [-0.05, 0) is 86.8 Å². The van der Waals surface area contributed by atoms with E-state index in [-0.39, 0.29) is 0 Å². The normalized spacial score (nSPS) is 11.5. The molecule has 0 aliphatic rings. The average Bonchev–Trinajstić information content (AvgIpc) is 3.49. The highest BCUT2D eigenvalue weighted by Gasteiger charge is 2.18. The van der Waals surface area contributed by atoms with Crippen LogP contribution in [0, 0.1) is 0 Å². The summed E-state index contributed by atoms with van der Waals surface area (Å²) in [7, 11) is 0. The lowest BCUT2D eigenvalue weighted by atomic mass is 9.97. The Bertz CT molecular complexity index is 2520. The van der Waals surface area contributed by atoms with Gasteiger partial charge in [-0.1, -0.05) is 127 Å². The van der Waals surface area contributed by atoms with E-state index in [1.54, 1.807) is 0 Å². The zero-order valence-electron chi connectivity index (χ0n) is 25.1. The maximum Gasteiger partial charge on any atom is 0.0540 e. The fourth-order valence-electron chi connectivity index (χ4n) is 6.82. The summed E-state index contributed by atoms with van der Waals surface area (Å²) in [5.41, 5.74) is 8.25. The summed E-state index contributed by atoms with van der Waals surface area (Å²) in [6, 6.07) is 64.0. The first-order chi connectivity index (χ1) is 22.8. The lowest BCUT2D eigenvalue weighted by Gasteiger charge is -2.28. The summed E-state index contributed by atoms with van der Waals surface area (Å²) < 4.78 is 2.66. The topological polar surface area (TPSA) is 3.24 Å². The molecule has 0 bridgehead atoms. The third kappa shape index (κ3) is 4.54. The molecule has 9 rings (SSSR count). The van der Waals surface area contributed by atoms with Crippen molar-refractivity contribution in [3.05, 3.63) is 176 Å². The van der Waals surface area contributed by atoms with Gasteiger partial charge >= 0.3 is 0 Å². The van der Waals surface area contributed by atoms with Crippen LogP contribution >= 0.6 is 11.3 Å². The van der Waals surface area contributed by atoms with E-state index >= 15 is 0 Å². The van der Waals surface area contributed by atoms with Gasteiger partial charge in [0.15, 0.2) is 0 Å². The minimum absolute atomic E-state index is 1.12. The molecule has 8 aromatic carbocycles. The van der Waals surface area contributed by atoms with Crippen molar-refractivity contribution in [1.82, 2.24) is 0 Å². The first-order valence-electron chi connectivity index (χ1n) is 15.7. The molecule has 0 aliphatic heterocycles. The minimum atomic E-state index is 1.12. The number of fused-ring (bicyclic) bond motifs is 5. The van der Waals surface area contributed by atoms with E-state index < -0.39 is 0 Å². The van der Waals surface area contributed by atoms with Crippen LogP contribution in [0.4, 0.5) is 17.1 Å². The number of anilines is 3. The Hall–Kier alpha value is -5.70. The third-order valence-corrected chi connectivity index (χ3v) is 10.2. The van der Waals surface area contributed by atoms with Gasteiger partial charge in [0.1, 0.15) is 0 Å². The Morgan fingerprint density at radius 3 is 1.91 bits per heavy atom. The molecule has 1 nitrogen and oxygen atoms in total. The Balaban J connectivity index is 1.23. The number of para-hydroxylation sites is 1. The van der Waals surface area contributed by atoms with Gasteiger partial charge < -0.3 is 4.90 Å². The van der Waals surface area contributed by atoms with E-state index in [1.807, 2.05) is 11.3 Å². The predicted molar refractivity (Wildman–Crippen MR) is 200 cm³/mol. The zero-order valence-corrected chi connectivity index (χ0v) is 25.9. The quantitative estimate of drug-likeness (QED) is 0.189. The van der Waals surface area contributed by atoms with Crippen molar-refractivity contribution in [3.8, 4) is 22.3 Å². The molecule has 2 heteroatoms. The lowest BCUT2D eigenvalue weighted by Crippen LogP contribution is -2.11. The molecule has 0 N–H and O–H groups in total. The molecule has 0 unspecified atom stereocenters. The standard InChI is InChI=1S/C44H29NS/c1-2-11-31(12-3-1)39-16-6-8-19-42(39)45(35-24-21-32(22-25-35)38-18-10-14-30-13-4-5-15-37(30)38)36-26-23-33-29-44-41(28-34(33)27-36)40-17-7-9-20-43(40)46-44/h1-29H. The van der Waals surface area contributed by atoms with Crippen molar-refractivity contribution in [1.29, 1.82) is 0 Å². The largest absolute Gasteiger partial charge is 0.310 e. The molecule has 0 saturated carbocycles. The van der Waals surface area contributed by atoms with Crippen molar-refractivity contribution >= 4 is 70.1 Å². The summed E-state index contributed by atoms with van der Waals surface area (Å²) in [4.78, 5) is 2.41. The van der Waals surface area contributed by atoms with Crippen molar-refractivity contribution in [2.45, 2.75) is 0 Å². The first kappa shape index (κ1) is 26.7. The molecular weight excluding hydrogens is 575 g/mol. The van der Waals surface area contributed by atoms with Crippen LogP contribution in [-0.4, -0.2) is 0 Å². The number of thiophene rings is 1. The third-order valence-electron chi connectivity index (χ3n) is 9.03. The highest BCUT2D eigenvalue weighted by molar-refractivity contribution is 7.25. The average molecular weight is 604 g/mol. The van der Waals surface area contributed by atoms with Crippen LogP contribution in [0.25, 0.3) is 64.0 Å². The van der Waals surface area contributed by atoms with Crippen molar-refractivity contribution in [2.24, 2.45) is 0 Å². The van der Waals surface area contributed by atoms with Crippen molar-refractivity contribution in [3.63, 3.8) is 0 Å². The van der Waals surface area contributed by atoms with Crippen LogP contribution in [0.2, 0.25) is 0 Å². The molecule has 1 aromatic heterocycles. The summed E-state index contributed by atoms with van der Waals surface area (Å²) in [6.45, 7) is 0. The second kappa shape index (κ2) is 11.0. The molecule has 0 aliphatic carbocycles. The van der Waals surface area contributed by atoms with Gasteiger partial charge in [0.05, 0.1) is 5.69 Å². The minimum Gasteiger partial charge on any atom is -0.310 e. The fourth-order valence-corrected chi connectivity index (χ4v) is 7.96. The number of hydrogen-bond acceptors (Lipinski definition) is 2. The number of benzene rings is 8. The van der Waals surface area contributed by atoms with Crippen LogP contribution < -0.4 is 4.90 Å². The molecule has 216 valence electrons. The van der Waals surface area contributed by atoms with Crippen LogP contribution in [0.3, 0.4) is 0 Å². The number of nitrogens with zero attached hydrogens (tertiary/aromatic N) is 1. The first-order valence-corrected chi connectivity index (χ1v) is 16.5. The van der Waals surface area contributed by atoms with E-state index in [2.05, 4.69) is 181 Å². The van der Waals surface area contributed by atoms with Gasteiger partial charge in [-0.25, -0.2) is 0 Å². The van der Waals surface area contributed by atoms with E-state index in [0.717, 1.165) is 17.1 Å². The van der Waals surface area contributed by atoms with Gasteiger partial charge in [0, 0.05) is 37.1 Å². The molecule has 1 heterocycles. The summed E-state index contributed by atoms with van der Waals surface area (Å²) in [5, 5.41) is 7.66. The molecule has 0 fully saturated rings. The van der Waals surface area contributed by atoms with E-state index in [4.69, 9.17) is 0 Å². The Morgan fingerprint density at radius 1 is 0.348 bits per heavy atom. The van der Waals surface area contributed by atoms with Gasteiger partial charge in [0.25, 0.3) is 0 Å². The lowest BCUT2D eigenvalue weighted by molar-refractivity contribution is 1.29. The molecule has 0 saturated heterocycles. The molecular formula is C44H29NS. The molecule has 0 spiro atoms. The Morgan fingerprint density at radius 2 is 1.02 bits per heavy atom. The highest BCUT2D eigenvalue weighted by Crippen LogP contribution is 2.43. The Labute approximate surface area is 272 Å². The van der Waals surface area contributed by atoms with Crippen molar-refractivity contribution < 1.29 is 0 Å². The SMILES string of the molecule is c1ccc(-c2ccccc2N(c2ccc(-c3cccc4ccccc34)cc2)c2ccc3cc4sc5ccccc5c4cc3c2)cc1. The molecule has 46 heavy (non-hydrogen) atoms. The maximum absolute atomic E-state index is 2.41. The van der Waals surface area contributed by atoms with Crippen LogP contribution in [0.15, 0.2) is 176 Å². The van der Waals surface area contributed by atoms with Gasteiger partial charge in [-0.3, -0.25) is 0 Å². The van der Waals surface area contributed by atoms with Crippen LogP contribution in [-0.2, 0) is 0 Å². The van der Waals surface area contributed by atoms with Gasteiger partial charge in [-0.15, -0.1) is 11.3 Å². The Kier molecular flexibility index (Phi) is 6.40. The van der Waals surface area contributed by atoms with Gasteiger partial charge in [0.2, 0.25) is 0 Å². The number of hydrogen-bond donors (Lipinski definition) is 0. The highest BCUT2D eigenvalue weighted by atomic mass is 32.1. The van der Waals surface area contributed by atoms with E-state index in [0.29, 0.717) is 0 Å². The second-order valence-electron chi connectivity index (χ2n) is 11.8. The molecule has 0 amide bonds.